The third-order valence-corrected chi connectivity index (χ3v) is 3.61. The quantitative estimate of drug-likeness (QED) is 0.224. The molecular weight excluding hydrogens is 375 g/mol. The molecule has 5 heteroatoms. The zero-order valence-electron chi connectivity index (χ0n) is 13.9. The molecule has 0 bridgehead atoms. The molecule has 124 valence electrons. The molecule has 1 aliphatic heterocycles. The van der Waals surface area contributed by atoms with Gasteiger partial charge in [0.05, 0.1) is 0 Å². The van der Waals surface area contributed by atoms with Gasteiger partial charge >= 0.3 is 0 Å². The van der Waals surface area contributed by atoms with E-state index in [-0.39, 0.29) is 24.0 Å². The number of likely N-dealkylation sites (tertiary alicyclic amines) is 1. The van der Waals surface area contributed by atoms with Crippen LogP contribution in [0, 0.1) is 0 Å². The Balaban J connectivity index is 0.00000400. The minimum absolute atomic E-state index is 0. The Bertz CT molecular complexity index is 297. The molecule has 0 aromatic heterocycles. The lowest BCUT2D eigenvalue weighted by Crippen LogP contribution is -2.48. The molecule has 0 atom stereocenters. The van der Waals surface area contributed by atoms with E-state index in [9.17, 15) is 0 Å². The summed E-state index contributed by atoms with van der Waals surface area (Å²) in [6.07, 6.45) is 8.96. The highest BCUT2D eigenvalue weighted by atomic mass is 127. The van der Waals surface area contributed by atoms with Crippen molar-refractivity contribution in [3.05, 3.63) is 12.2 Å². The molecule has 0 unspecified atom stereocenters. The number of allylic oxidation sites excluding steroid dienone is 1. The lowest BCUT2D eigenvalue weighted by molar-refractivity contribution is 0.206. The van der Waals surface area contributed by atoms with Crippen LogP contribution in [-0.4, -0.2) is 49.6 Å². The molecule has 1 heterocycles. The topological polar surface area (TPSA) is 39.7 Å². The van der Waals surface area contributed by atoms with Crippen LogP contribution in [0.5, 0.6) is 0 Å². The largest absolute Gasteiger partial charge is 0.357 e. The number of nitrogens with zero attached hydrogens (tertiary/aromatic N) is 2. The van der Waals surface area contributed by atoms with Crippen LogP contribution in [0.3, 0.4) is 0 Å². The molecule has 2 N–H and O–H groups in total. The van der Waals surface area contributed by atoms with Crippen molar-refractivity contribution in [2.45, 2.75) is 52.5 Å². The maximum atomic E-state index is 4.63. The fourth-order valence-electron chi connectivity index (χ4n) is 2.55. The van der Waals surface area contributed by atoms with Gasteiger partial charge in [0, 0.05) is 32.2 Å². The molecule has 0 aliphatic carbocycles. The maximum absolute atomic E-state index is 4.63. The number of nitrogens with one attached hydrogen (secondary N) is 2. The standard InChI is InChI=1S/C16H32N4.HI/c1-4-7-8-11-18-16(17-6-3)19-15-9-13-20(12-5-2)14-10-15;/h4,7,15H,5-6,8-14H2,1-3H3,(H2,17,18,19);1H. The second kappa shape index (κ2) is 13.4. The average Bonchev–Trinajstić information content (AvgIpc) is 2.46. The Morgan fingerprint density at radius 2 is 2.00 bits per heavy atom. The normalized spacial score (nSPS) is 17.8. The van der Waals surface area contributed by atoms with Gasteiger partial charge in [-0.3, -0.25) is 4.99 Å². The van der Waals surface area contributed by atoms with Crippen molar-refractivity contribution in [2.24, 2.45) is 4.99 Å². The summed E-state index contributed by atoms with van der Waals surface area (Å²) >= 11 is 0. The van der Waals surface area contributed by atoms with E-state index in [1.54, 1.807) is 0 Å². The number of halogens is 1. The smallest absolute Gasteiger partial charge is 0.191 e. The molecule has 1 fully saturated rings. The van der Waals surface area contributed by atoms with E-state index in [0.29, 0.717) is 6.04 Å². The number of rotatable bonds is 7. The molecule has 4 nitrogen and oxygen atoms in total. The van der Waals surface area contributed by atoms with Gasteiger partial charge in [-0.15, -0.1) is 24.0 Å². The lowest BCUT2D eigenvalue weighted by atomic mass is 10.1. The fraction of sp³-hybridized carbons (Fsp3) is 0.812. The number of hydrogen-bond acceptors (Lipinski definition) is 2. The third-order valence-electron chi connectivity index (χ3n) is 3.61. The van der Waals surface area contributed by atoms with Gasteiger partial charge in [0.1, 0.15) is 0 Å². The lowest BCUT2D eigenvalue weighted by Gasteiger charge is -2.32. The summed E-state index contributed by atoms with van der Waals surface area (Å²) in [6.45, 7) is 11.9. The van der Waals surface area contributed by atoms with Gasteiger partial charge < -0.3 is 15.5 Å². The zero-order chi connectivity index (χ0) is 14.6. The first-order valence-corrected chi connectivity index (χ1v) is 8.18. The van der Waals surface area contributed by atoms with Crippen molar-refractivity contribution < 1.29 is 0 Å². The molecule has 0 spiro atoms. The van der Waals surface area contributed by atoms with Gasteiger partial charge in [-0.05, 0) is 46.1 Å². The van der Waals surface area contributed by atoms with E-state index < -0.39 is 0 Å². The number of guanidine groups is 1. The van der Waals surface area contributed by atoms with Crippen molar-refractivity contribution >= 4 is 29.9 Å². The summed E-state index contributed by atoms with van der Waals surface area (Å²) in [5, 5.41) is 6.93. The predicted molar refractivity (Wildman–Crippen MR) is 104 cm³/mol. The van der Waals surface area contributed by atoms with Gasteiger partial charge in [0.25, 0.3) is 0 Å². The Kier molecular flexibility index (Phi) is 13.2. The molecule has 0 saturated carbocycles. The molecule has 0 aromatic rings. The minimum atomic E-state index is 0. The molecule has 0 aromatic carbocycles. The van der Waals surface area contributed by atoms with Crippen LogP contribution in [0.15, 0.2) is 17.1 Å². The van der Waals surface area contributed by atoms with Gasteiger partial charge in [-0.2, -0.15) is 0 Å². The van der Waals surface area contributed by atoms with Gasteiger partial charge in [-0.1, -0.05) is 19.1 Å². The zero-order valence-corrected chi connectivity index (χ0v) is 16.2. The van der Waals surface area contributed by atoms with Crippen LogP contribution >= 0.6 is 24.0 Å². The number of aliphatic imine (C=N–C) groups is 1. The van der Waals surface area contributed by atoms with E-state index in [1.807, 2.05) is 0 Å². The first kappa shape index (κ1) is 20.7. The van der Waals surface area contributed by atoms with Crippen molar-refractivity contribution in [3.63, 3.8) is 0 Å². The Labute approximate surface area is 147 Å². The van der Waals surface area contributed by atoms with Gasteiger partial charge in [0.15, 0.2) is 5.96 Å². The van der Waals surface area contributed by atoms with Crippen LogP contribution in [0.25, 0.3) is 0 Å². The summed E-state index contributed by atoms with van der Waals surface area (Å²) in [7, 11) is 0. The average molecular weight is 408 g/mol. The second-order valence-electron chi connectivity index (χ2n) is 5.38. The maximum Gasteiger partial charge on any atom is 0.191 e. The van der Waals surface area contributed by atoms with Crippen LogP contribution in [-0.2, 0) is 0 Å². The van der Waals surface area contributed by atoms with E-state index in [1.165, 1.54) is 38.9 Å². The summed E-state index contributed by atoms with van der Waals surface area (Å²) in [4.78, 5) is 7.19. The number of hydrogen-bond donors (Lipinski definition) is 2. The van der Waals surface area contributed by atoms with Crippen molar-refractivity contribution in [1.29, 1.82) is 0 Å². The molecule has 1 aliphatic rings. The first-order valence-electron chi connectivity index (χ1n) is 8.18. The second-order valence-corrected chi connectivity index (χ2v) is 5.38. The molecule has 21 heavy (non-hydrogen) atoms. The molecule has 0 radical (unpaired) electrons. The Hall–Kier alpha value is -0.300. The Morgan fingerprint density at radius 3 is 2.57 bits per heavy atom. The van der Waals surface area contributed by atoms with E-state index in [2.05, 4.69) is 53.4 Å². The summed E-state index contributed by atoms with van der Waals surface area (Å²) in [5.74, 6) is 0.978. The van der Waals surface area contributed by atoms with Crippen molar-refractivity contribution in [3.8, 4) is 0 Å². The van der Waals surface area contributed by atoms with Crippen molar-refractivity contribution in [2.75, 3.05) is 32.7 Å². The minimum Gasteiger partial charge on any atom is -0.357 e. The fourth-order valence-corrected chi connectivity index (χ4v) is 2.55. The highest BCUT2D eigenvalue weighted by Gasteiger charge is 2.19. The highest BCUT2D eigenvalue weighted by molar-refractivity contribution is 14.0. The van der Waals surface area contributed by atoms with Crippen LogP contribution < -0.4 is 10.6 Å². The van der Waals surface area contributed by atoms with Crippen LogP contribution in [0.1, 0.15) is 46.5 Å². The van der Waals surface area contributed by atoms with Crippen LogP contribution in [0.4, 0.5) is 0 Å². The molecule has 0 amide bonds. The summed E-state index contributed by atoms with van der Waals surface area (Å²) in [5.41, 5.74) is 0. The van der Waals surface area contributed by atoms with Gasteiger partial charge in [-0.25, -0.2) is 0 Å². The van der Waals surface area contributed by atoms with E-state index in [0.717, 1.165) is 25.5 Å². The van der Waals surface area contributed by atoms with E-state index in [4.69, 9.17) is 0 Å². The van der Waals surface area contributed by atoms with Gasteiger partial charge in [0.2, 0.25) is 0 Å². The Morgan fingerprint density at radius 1 is 1.29 bits per heavy atom. The highest BCUT2D eigenvalue weighted by Crippen LogP contribution is 2.10. The first-order chi connectivity index (χ1) is 9.80. The third kappa shape index (κ3) is 9.34. The SMILES string of the molecule is CC=CCCN=C(NCC)NC1CCN(CCC)CC1.I. The predicted octanol–water partition coefficient (Wildman–Crippen LogP) is 3.00. The number of piperidine rings is 1. The summed E-state index contributed by atoms with van der Waals surface area (Å²) < 4.78 is 0. The van der Waals surface area contributed by atoms with Crippen LogP contribution in [0.2, 0.25) is 0 Å². The molecule has 1 saturated heterocycles. The monoisotopic (exact) mass is 408 g/mol. The molecular formula is C16H33IN4. The molecule has 1 rings (SSSR count). The van der Waals surface area contributed by atoms with Crippen molar-refractivity contribution in [1.82, 2.24) is 15.5 Å². The summed E-state index contributed by atoms with van der Waals surface area (Å²) in [6, 6.07) is 0.572. The van der Waals surface area contributed by atoms with E-state index >= 15 is 0 Å².